The van der Waals surface area contributed by atoms with Crippen molar-refractivity contribution in [2.45, 2.75) is 13.0 Å². The van der Waals surface area contributed by atoms with E-state index in [1.807, 2.05) is 6.92 Å². The molecule has 0 saturated carbocycles. The summed E-state index contributed by atoms with van der Waals surface area (Å²) in [6, 6.07) is 0. The normalized spacial score (nSPS) is 13.4. The van der Waals surface area contributed by atoms with Crippen molar-refractivity contribution in [1.29, 1.82) is 0 Å². The minimum Gasteiger partial charge on any atom is -0.392 e. The molecule has 0 rings (SSSR count). The van der Waals surface area contributed by atoms with Gasteiger partial charge in [-0.2, -0.15) is 0 Å². The molecule has 0 aliphatic heterocycles. The molecule has 1 N–H and O–H groups in total. The molecule has 1 atom stereocenters. The SMILES string of the molecule is C=C(CO)C(C)OC. The summed E-state index contributed by atoms with van der Waals surface area (Å²) in [6.45, 7) is 5.42. The predicted molar refractivity (Wildman–Crippen MR) is 32.7 cm³/mol. The zero-order valence-electron chi connectivity index (χ0n) is 5.35. The highest BCUT2D eigenvalue weighted by molar-refractivity contribution is 4.99. The van der Waals surface area contributed by atoms with Gasteiger partial charge in [-0.05, 0) is 12.5 Å². The maximum atomic E-state index is 8.46. The first kappa shape index (κ1) is 7.66. The fourth-order valence-corrected chi connectivity index (χ4v) is 0.295. The molecular formula is C6H12O2. The van der Waals surface area contributed by atoms with Crippen molar-refractivity contribution >= 4 is 0 Å². The molecule has 0 aliphatic carbocycles. The third-order valence-electron chi connectivity index (χ3n) is 1.13. The molecule has 2 heteroatoms. The molecule has 0 bridgehead atoms. The Morgan fingerprint density at radius 3 is 2.50 bits per heavy atom. The lowest BCUT2D eigenvalue weighted by Gasteiger charge is -2.08. The molecule has 0 saturated heterocycles. The Kier molecular flexibility index (Phi) is 3.48. The van der Waals surface area contributed by atoms with Gasteiger partial charge in [-0.1, -0.05) is 6.58 Å². The minimum absolute atomic E-state index is 0.00894. The Morgan fingerprint density at radius 2 is 2.38 bits per heavy atom. The van der Waals surface area contributed by atoms with Crippen LogP contribution in [0.15, 0.2) is 12.2 Å². The number of ether oxygens (including phenoxy) is 1. The van der Waals surface area contributed by atoms with Gasteiger partial charge in [0, 0.05) is 7.11 Å². The van der Waals surface area contributed by atoms with Crippen LogP contribution in [0.3, 0.4) is 0 Å². The van der Waals surface area contributed by atoms with Crippen LogP contribution < -0.4 is 0 Å². The molecule has 8 heavy (non-hydrogen) atoms. The van der Waals surface area contributed by atoms with Crippen LogP contribution in [0.5, 0.6) is 0 Å². The van der Waals surface area contributed by atoms with Crippen LogP contribution in [-0.4, -0.2) is 24.9 Å². The first-order valence-corrected chi connectivity index (χ1v) is 2.53. The van der Waals surface area contributed by atoms with E-state index in [1.54, 1.807) is 7.11 Å². The maximum Gasteiger partial charge on any atom is 0.0772 e. The molecule has 48 valence electrons. The highest BCUT2D eigenvalue weighted by atomic mass is 16.5. The van der Waals surface area contributed by atoms with E-state index in [2.05, 4.69) is 6.58 Å². The third-order valence-corrected chi connectivity index (χ3v) is 1.13. The van der Waals surface area contributed by atoms with Crippen LogP contribution in [0, 0.1) is 0 Å². The van der Waals surface area contributed by atoms with Crippen molar-refractivity contribution in [3.63, 3.8) is 0 Å². The zero-order valence-corrected chi connectivity index (χ0v) is 5.35. The summed E-state index contributed by atoms with van der Waals surface area (Å²) < 4.78 is 4.84. The first-order valence-electron chi connectivity index (χ1n) is 2.53. The van der Waals surface area contributed by atoms with Crippen molar-refractivity contribution < 1.29 is 9.84 Å². The number of methoxy groups -OCH3 is 1. The maximum absolute atomic E-state index is 8.46. The third kappa shape index (κ3) is 2.09. The number of aliphatic hydroxyl groups is 1. The van der Waals surface area contributed by atoms with Gasteiger partial charge in [0.15, 0.2) is 0 Å². The fourth-order valence-electron chi connectivity index (χ4n) is 0.295. The highest BCUT2D eigenvalue weighted by Crippen LogP contribution is 1.99. The summed E-state index contributed by atoms with van der Waals surface area (Å²) in [4.78, 5) is 0. The van der Waals surface area contributed by atoms with E-state index in [0.717, 1.165) is 0 Å². The lowest BCUT2D eigenvalue weighted by atomic mass is 10.2. The van der Waals surface area contributed by atoms with Crippen molar-refractivity contribution in [1.82, 2.24) is 0 Å². The van der Waals surface area contributed by atoms with Crippen molar-refractivity contribution in [3.8, 4) is 0 Å². The van der Waals surface area contributed by atoms with E-state index < -0.39 is 0 Å². The fraction of sp³-hybridized carbons (Fsp3) is 0.667. The highest BCUT2D eigenvalue weighted by Gasteiger charge is 2.00. The van der Waals surface area contributed by atoms with Gasteiger partial charge in [-0.25, -0.2) is 0 Å². The van der Waals surface area contributed by atoms with Gasteiger partial charge in [-0.15, -0.1) is 0 Å². The largest absolute Gasteiger partial charge is 0.392 e. The van der Waals surface area contributed by atoms with E-state index in [9.17, 15) is 0 Å². The molecule has 0 radical (unpaired) electrons. The molecule has 0 fully saturated rings. The summed E-state index contributed by atoms with van der Waals surface area (Å²) >= 11 is 0. The molecule has 0 aromatic rings. The van der Waals surface area contributed by atoms with E-state index >= 15 is 0 Å². The number of hydrogen-bond acceptors (Lipinski definition) is 2. The van der Waals surface area contributed by atoms with Crippen LogP contribution in [-0.2, 0) is 4.74 Å². The second-order valence-corrected chi connectivity index (χ2v) is 1.69. The van der Waals surface area contributed by atoms with E-state index in [4.69, 9.17) is 9.84 Å². The molecule has 0 heterocycles. The zero-order chi connectivity index (χ0) is 6.57. The molecule has 0 amide bonds. The summed E-state index contributed by atoms with van der Waals surface area (Å²) in [5, 5.41) is 8.46. The monoisotopic (exact) mass is 116 g/mol. The number of rotatable bonds is 3. The molecule has 0 aromatic carbocycles. The average Bonchev–Trinajstić information content (AvgIpc) is 1.84. The lowest BCUT2D eigenvalue weighted by molar-refractivity contribution is 0.134. The summed E-state index contributed by atoms with van der Waals surface area (Å²) in [5.41, 5.74) is 0.715. The Morgan fingerprint density at radius 1 is 1.88 bits per heavy atom. The molecule has 2 nitrogen and oxygen atoms in total. The van der Waals surface area contributed by atoms with Crippen LogP contribution in [0.2, 0.25) is 0 Å². The van der Waals surface area contributed by atoms with Crippen LogP contribution in [0.25, 0.3) is 0 Å². The standard InChI is InChI=1S/C6H12O2/c1-5(4-7)6(2)8-3/h6-7H,1,4H2,2-3H3. The van der Waals surface area contributed by atoms with E-state index in [0.29, 0.717) is 5.57 Å². The van der Waals surface area contributed by atoms with E-state index in [1.165, 1.54) is 0 Å². The Hall–Kier alpha value is -0.340. The molecule has 1 unspecified atom stereocenters. The molecule has 0 aromatic heterocycles. The topological polar surface area (TPSA) is 29.5 Å². The average molecular weight is 116 g/mol. The van der Waals surface area contributed by atoms with Crippen molar-refractivity contribution in [3.05, 3.63) is 12.2 Å². The quantitative estimate of drug-likeness (QED) is 0.546. The van der Waals surface area contributed by atoms with Gasteiger partial charge in [0.2, 0.25) is 0 Å². The summed E-state index contributed by atoms with van der Waals surface area (Å²) in [6.07, 6.45) is -0.0278. The minimum atomic E-state index is -0.0278. The van der Waals surface area contributed by atoms with Gasteiger partial charge in [-0.3, -0.25) is 0 Å². The van der Waals surface area contributed by atoms with Crippen LogP contribution in [0.4, 0.5) is 0 Å². The Labute approximate surface area is 49.8 Å². The molecular weight excluding hydrogens is 104 g/mol. The van der Waals surface area contributed by atoms with E-state index in [-0.39, 0.29) is 12.7 Å². The number of hydrogen-bond donors (Lipinski definition) is 1. The second-order valence-electron chi connectivity index (χ2n) is 1.69. The smallest absolute Gasteiger partial charge is 0.0772 e. The van der Waals surface area contributed by atoms with Crippen molar-refractivity contribution in [2.24, 2.45) is 0 Å². The summed E-state index contributed by atoms with van der Waals surface area (Å²) in [7, 11) is 1.59. The Bertz CT molecular complexity index is 78.6. The molecule has 0 spiro atoms. The van der Waals surface area contributed by atoms with Crippen LogP contribution >= 0.6 is 0 Å². The number of aliphatic hydroxyl groups excluding tert-OH is 1. The molecule has 0 aliphatic rings. The summed E-state index contributed by atoms with van der Waals surface area (Å²) in [5.74, 6) is 0. The van der Waals surface area contributed by atoms with Crippen molar-refractivity contribution in [2.75, 3.05) is 13.7 Å². The van der Waals surface area contributed by atoms with Crippen LogP contribution in [0.1, 0.15) is 6.92 Å². The van der Waals surface area contributed by atoms with Gasteiger partial charge in [0.25, 0.3) is 0 Å². The van der Waals surface area contributed by atoms with Gasteiger partial charge >= 0.3 is 0 Å². The van der Waals surface area contributed by atoms with Gasteiger partial charge < -0.3 is 9.84 Å². The second kappa shape index (κ2) is 3.64. The van der Waals surface area contributed by atoms with Gasteiger partial charge in [0.1, 0.15) is 0 Å². The lowest BCUT2D eigenvalue weighted by Crippen LogP contribution is -2.10. The van der Waals surface area contributed by atoms with Gasteiger partial charge in [0.05, 0.1) is 12.7 Å². The first-order chi connectivity index (χ1) is 3.72. The Balaban J connectivity index is 3.46. The predicted octanol–water partition coefficient (Wildman–Crippen LogP) is 0.570.